The maximum atomic E-state index is 13.9. The van der Waals surface area contributed by atoms with Gasteiger partial charge in [0, 0.05) is 17.6 Å². The first-order chi connectivity index (χ1) is 17.5. The van der Waals surface area contributed by atoms with E-state index in [4.69, 9.17) is 0 Å². The number of amides is 2. The molecule has 0 radical (unpaired) electrons. The molecular formula is C28H32BrN3O4S. The maximum absolute atomic E-state index is 13.9. The number of nitrogens with zero attached hydrogens (tertiary/aromatic N) is 2. The molecule has 7 nitrogen and oxygen atoms in total. The topological polar surface area (TPSA) is 86.8 Å². The van der Waals surface area contributed by atoms with Crippen LogP contribution in [0.25, 0.3) is 0 Å². The highest BCUT2D eigenvalue weighted by Crippen LogP contribution is 2.28. The molecule has 0 aliphatic rings. The summed E-state index contributed by atoms with van der Waals surface area (Å²) in [6, 6.07) is 20.2. The number of sulfonamides is 1. The number of carbonyl (C=O) groups is 2. The quantitative estimate of drug-likeness (QED) is 0.370. The second-order valence-electron chi connectivity index (χ2n) is 8.83. The highest BCUT2D eigenvalue weighted by Gasteiger charge is 2.33. The minimum absolute atomic E-state index is 0.0833. The van der Waals surface area contributed by atoms with Crippen LogP contribution in [0, 0.1) is 13.8 Å². The van der Waals surface area contributed by atoms with Gasteiger partial charge in [0.2, 0.25) is 11.8 Å². The monoisotopic (exact) mass is 585 g/mol. The van der Waals surface area contributed by atoms with Crippen LogP contribution in [0.3, 0.4) is 0 Å². The number of halogens is 1. The molecule has 0 aromatic heterocycles. The zero-order valence-electron chi connectivity index (χ0n) is 21.4. The van der Waals surface area contributed by atoms with Crippen LogP contribution in [-0.2, 0) is 26.2 Å². The molecule has 0 saturated carbocycles. The van der Waals surface area contributed by atoms with Crippen molar-refractivity contribution in [2.75, 3.05) is 17.4 Å². The Balaban J connectivity index is 2.05. The lowest BCUT2D eigenvalue weighted by atomic mass is 10.1. The van der Waals surface area contributed by atoms with Crippen molar-refractivity contribution in [3.8, 4) is 0 Å². The predicted octanol–water partition coefficient (Wildman–Crippen LogP) is 4.81. The summed E-state index contributed by atoms with van der Waals surface area (Å²) in [5.41, 5.74) is 2.82. The second kappa shape index (κ2) is 12.4. The van der Waals surface area contributed by atoms with E-state index in [9.17, 15) is 18.0 Å². The molecule has 0 heterocycles. The Morgan fingerprint density at radius 3 is 2.24 bits per heavy atom. The van der Waals surface area contributed by atoms with Gasteiger partial charge in [-0.2, -0.15) is 0 Å². The van der Waals surface area contributed by atoms with Crippen molar-refractivity contribution < 1.29 is 18.0 Å². The molecule has 1 N–H and O–H groups in total. The molecule has 0 aliphatic carbocycles. The summed E-state index contributed by atoms with van der Waals surface area (Å²) < 4.78 is 29.7. The smallest absolute Gasteiger partial charge is 0.264 e. The van der Waals surface area contributed by atoms with Gasteiger partial charge in [-0.1, -0.05) is 58.4 Å². The summed E-state index contributed by atoms with van der Waals surface area (Å²) in [5.74, 6) is -0.792. The first-order valence-corrected chi connectivity index (χ1v) is 14.2. The van der Waals surface area contributed by atoms with E-state index in [1.807, 2.05) is 50.2 Å². The number of aryl methyl sites for hydroxylation is 2. The third kappa shape index (κ3) is 6.99. The Morgan fingerprint density at radius 1 is 0.973 bits per heavy atom. The number of rotatable bonds is 10. The van der Waals surface area contributed by atoms with E-state index in [-0.39, 0.29) is 17.3 Å². The van der Waals surface area contributed by atoms with Crippen molar-refractivity contribution >= 4 is 43.5 Å². The zero-order valence-corrected chi connectivity index (χ0v) is 23.8. The van der Waals surface area contributed by atoms with Crippen LogP contribution in [-0.4, -0.2) is 44.3 Å². The van der Waals surface area contributed by atoms with Crippen LogP contribution in [0.1, 0.15) is 30.5 Å². The van der Waals surface area contributed by atoms with Crippen molar-refractivity contribution in [3.05, 3.63) is 94.0 Å². The van der Waals surface area contributed by atoms with Crippen LogP contribution in [0.2, 0.25) is 0 Å². The lowest BCUT2D eigenvalue weighted by Gasteiger charge is -2.32. The van der Waals surface area contributed by atoms with Crippen LogP contribution in [0.4, 0.5) is 5.69 Å². The van der Waals surface area contributed by atoms with Gasteiger partial charge in [0.15, 0.2) is 0 Å². The Kier molecular flexibility index (Phi) is 9.50. The number of benzene rings is 3. The fraction of sp³-hybridized carbons (Fsp3) is 0.286. The number of nitrogens with one attached hydrogen (secondary N) is 1. The van der Waals surface area contributed by atoms with Crippen molar-refractivity contribution in [2.45, 2.75) is 45.2 Å². The first-order valence-electron chi connectivity index (χ1n) is 12.0. The van der Waals surface area contributed by atoms with Gasteiger partial charge >= 0.3 is 0 Å². The van der Waals surface area contributed by atoms with Gasteiger partial charge in [-0.15, -0.1) is 0 Å². The van der Waals surface area contributed by atoms with Gasteiger partial charge in [0.1, 0.15) is 12.6 Å². The minimum Gasteiger partial charge on any atom is -0.355 e. The summed E-state index contributed by atoms with van der Waals surface area (Å²) in [5, 5.41) is 2.76. The molecule has 3 rings (SSSR count). The molecule has 0 saturated heterocycles. The van der Waals surface area contributed by atoms with E-state index in [0.717, 1.165) is 19.9 Å². The molecule has 0 spiro atoms. The van der Waals surface area contributed by atoms with E-state index in [0.29, 0.717) is 17.8 Å². The summed E-state index contributed by atoms with van der Waals surface area (Å²) in [6.45, 7) is 7.24. The third-order valence-corrected chi connectivity index (χ3v) is 8.33. The van der Waals surface area contributed by atoms with Crippen molar-refractivity contribution in [1.82, 2.24) is 10.2 Å². The Bertz CT molecular complexity index is 1350. The van der Waals surface area contributed by atoms with Gasteiger partial charge in [0.05, 0.1) is 10.6 Å². The van der Waals surface area contributed by atoms with Gasteiger partial charge in [-0.3, -0.25) is 13.9 Å². The largest absolute Gasteiger partial charge is 0.355 e. The molecule has 3 aromatic rings. The van der Waals surface area contributed by atoms with Crippen molar-refractivity contribution in [1.29, 1.82) is 0 Å². The van der Waals surface area contributed by atoms with E-state index in [1.54, 1.807) is 38.1 Å². The van der Waals surface area contributed by atoms with E-state index in [2.05, 4.69) is 21.2 Å². The van der Waals surface area contributed by atoms with Crippen LogP contribution >= 0.6 is 15.9 Å². The third-order valence-electron chi connectivity index (χ3n) is 6.03. The number of carbonyl (C=O) groups excluding carboxylic acids is 2. The molecule has 1 unspecified atom stereocenters. The maximum Gasteiger partial charge on any atom is 0.264 e. The molecule has 2 amide bonds. The van der Waals surface area contributed by atoms with Crippen LogP contribution in [0.15, 0.2) is 82.2 Å². The van der Waals surface area contributed by atoms with Crippen LogP contribution < -0.4 is 9.62 Å². The van der Waals surface area contributed by atoms with E-state index >= 15 is 0 Å². The van der Waals surface area contributed by atoms with Gasteiger partial charge in [-0.05, 0) is 74.7 Å². The highest BCUT2D eigenvalue weighted by molar-refractivity contribution is 9.10. The van der Waals surface area contributed by atoms with Crippen molar-refractivity contribution in [2.24, 2.45) is 0 Å². The van der Waals surface area contributed by atoms with E-state index < -0.39 is 28.5 Å². The summed E-state index contributed by atoms with van der Waals surface area (Å²) in [4.78, 5) is 28.1. The Morgan fingerprint density at radius 2 is 1.62 bits per heavy atom. The molecule has 0 bridgehead atoms. The minimum atomic E-state index is -4.08. The average Bonchev–Trinajstić information content (AvgIpc) is 2.88. The summed E-state index contributed by atoms with van der Waals surface area (Å²) in [6.07, 6.45) is 0. The summed E-state index contributed by atoms with van der Waals surface area (Å²) in [7, 11) is -4.08. The molecular weight excluding hydrogens is 554 g/mol. The molecule has 196 valence electrons. The molecule has 3 aromatic carbocycles. The number of hydrogen-bond donors (Lipinski definition) is 1. The van der Waals surface area contributed by atoms with E-state index in [1.165, 1.54) is 17.0 Å². The fourth-order valence-corrected chi connectivity index (χ4v) is 5.67. The Labute approximate surface area is 227 Å². The molecule has 0 aliphatic heterocycles. The molecule has 0 fully saturated rings. The second-order valence-corrected chi connectivity index (χ2v) is 11.6. The number of hydrogen-bond acceptors (Lipinski definition) is 4. The predicted molar refractivity (Wildman–Crippen MR) is 150 cm³/mol. The average molecular weight is 587 g/mol. The Hall–Kier alpha value is -3.17. The normalized spacial score (nSPS) is 12.0. The molecule has 9 heteroatoms. The number of likely N-dealkylation sites (N-methyl/N-ethyl adjacent to an activating group) is 1. The van der Waals surface area contributed by atoms with Gasteiger partial charge < -0.3 is 10.2 Å². The van der Waals surface area contributed by atoms with Gasteiger partial charge in [0.25, 0.3) is 10.0 Å². The molecule has 1 atom stereocenters. The summed E-state index contributed by atoms with van der Waals surface area (Å²) >= 11 is 3.41. The van der Waals surface area contributed by atoms with Crippen molar-refractivity contribution in [3.63, 3.8) is 0 Å². The van der Waals surface area contributed by atoms with Crippen LogP contribution in [0.5, 0.6) is 0 Å². The number of anilines is 1. The molecule has 37 heavy (non-hydrogen) atoms. The first kappa shape index (κ1) is 28.4. The highest BCUT2D eigenvalue weighted by atomic mass is 79.9. The standard InChI is InChI=1S/C28H32BrN3O4S/c1-5-30-28(34)22(4)31(18-23-13-15-24(29)16-14-23)27(33)19-32(26-17-20(2)11-12-21(26)3)37(35,36)25-9-7-6-8-10-25/h6-17,22H,5,18-19H2,1-4H3,(H,30,34). The van der Waals surface area contributed by atoms with Gasteiger partial charge in [-0.25, -0.2) is 8.42 Å². The zero-order chi connectivity index (χ0) is 27.2. The lowest BCUT2D eigenvalue weighted by Crippen LogP contribution is -2.51. The SMILES string of the molecule is CCNC(=O)C(C)N(Cc1ccc(Br)cc1)C(=O)CN(c1cc(C)ccc1C)S(=O)(=O)c1ccccc1. The fourth-order valence-electron chi connectivity index (χ4n) is 3.91. The lowest BCUT2D eigenvalue weighted by molar-refractivity contribution is -0.139.